The fraction of sp³-hybridized carbons (Fsp3) is 0.467. The number of benzene rings is 1. The summed E-state index contributed by atoms with van der Waals surface area (Å²) in [5.74, 6) is 0.471. The molecule has 0 radical (unpaired) electrons. The molecule has 5 nitrogen and oxygen atoms in total. The van der Waals surface area contributed by atoms with Crippen molar-refractivity contribution in [3.63, 3.8) is 0 Å². The van der Waals surface area contributed by atoms with Crippen LogP contribution in [0.4, 0.5) is 10.5 Å². The number of carbonyl (C=O) groups excluding carboxylic acids is 1. The molecule has 6 heteroatoms. The minimum absolute atomic E-state index is 0.113. The molecule has 1 aromatic rings. The van der Waals surface area contributed by atoms with Crippen LogP contribution in [0.3, 0.4) is 0 Å². The van der Waals surface area contributed by atoms with Crippen molar-refractivity contribution in [3.8, 4) is 11.8 Å². The monoisotopic (exact) mass is 352 g/mol. The zero-order valence-electron chi connectivity index (χ0n) is 12.4. The number of nitriles is 1. The molecular formula is C15H17BrN2O3. The molecule has 1 amide bonds. The van der Waals surface area contributed by atoms with Gasteiger partial charge in [0.1, 0.15) is 11.7 Å². The smallest absolute Gasteiger partial charge is 0.415 e. The Bertz CT molecular complexity index is 618. The maximum absolute atomic E-state index is 12.4. The molecular weight excluding hydrogens is 336 g/mol. The van der Waals surface area contributed by atoms with Gasteiger partial charge in [-0.3, -0.25) is 4.90 Å². The van der Waals surface area contributed by atoms with E-state index in [2.05, 4.69) is 22.0 Å². The molecule has 1 aliphatic heterocycles. The SMILES string of the molecule is CC(C)(C)OC(=O)N1CC(C)(C#N)Oc2c(Br)cccc21. The van der Waals surface area contributed by atoms with E-state index in [1.807, 2.05) is 0 Å². The van der Waals surface area contributed by atoms with E-state index in [9.17, 15) is 10.1 Å². The van der Waals surface area contributed by atoms with Gasteiger partial charge in [-0.05, 0) is 55.8 Å². The molecule has 0 aromatic heterocycles. The van der Waals surface area contributed by atoms with E-state index in [0.717, 1.165) is 0 Å². The Labute approximate surface area is 132 Å². The van der Waals surface area contributed by atoms with E-state index < -0.39 is 17.3 Å². The molecule has 0 spiro atoms. The lowest BCUT2D eigenvalue weighted by Gasteiger charge is -2.38. The summed E-state index contributed by atoms with van der Waals surface area (Å²) in [6.45, 7) is 7.17. The van der Waals surface area contributed by atoms with Crippen molar-refractivity contribution in [1.29, 1.82) is 5.26 Å². The molecule has 1 aromatic carbocycles. The summed E-state index contributed by atoms with van der Waals surface area (Å²) >= 11 is 3.39. The Hall–Kier alpha value is -1.74. The summed E-state index contributed by atoms with van der Waals surface area (Å²) in [4.78, 5) is 13.9. The number of rotatable bonds is 0. The quantitative estimate of drug-likeness (QED) is 0.710. The number of amides is 1. The normalized spacial score (nSPS) is 21.0. The second-order valence-electron chi connectivity index (χ2n) is 6.10. The van der Waals surface area contributed by atoms with Crippen LogP contribution in [-0.4, -0.2) is 23.8 Å². The summed E-state index contributed by atoms with van der Waals surface area (Å²) in [5.41, 5.74) is -1.13. The molecule has 112 valence electrons. The number of anilines is 1. The molecule has 1 heterocycles. The zero-order valence-corrected chi connectivity index (χ0v) is 14.0. The second-order valence-corrected chi connectivity index (χ2v) is 6.95. The first-order valence-electron chi connectivity index (χ1n) is 6.54. The third-order valence-corrected chi connectivity index (χ3v) is 3.50. The molecule has 0 bridgehead atoms. The Morgan fingerprint density at radius 2 is 2.19 bits per heavy atom. The molecule has 0 fully saturated rings. The lowest BCUT2D eigenvalue weighted by Crippen LogP contribution is -2.51. The Balaban J connectivity index is 2.45. The summed E-state index contributed by atoms with van der Waals surface area (Å²) in [6.07, 6.45) is -0.494. The fourth-order valence-corrected chi connectivity index (χ4v) is 2.43. The number of ether oxygens (including phenoxy) is 2. The first kappa shape index (κ1) is 15.6. The summed E-state index contributed by atoms with van der Waals surface area (Å²) in [7, 11) is 0. The topological polar surface area (TPSA) is 62.6 Å². The highest BCUT2D eigenvalue weighted by molar-refractivity contribution is 9.10. The Morgan fingerprint density at radius 1 is 1.52 bits per heavy atom. The van der Waals surface area contributed by atoms with Crippen molar-refractivity contribution >= 4 is 27.7 Å². The van der Waals surface area contributed by atoms with E-state index in [1.165, 1.54) is 4.90 Å². The van der Waals surface area contributed by atoms with Gasteiger partial charge in [-0.15, -0.1) is 0 Å². The van der Waals surface area contributed by atoms with Crippen LogP contribution < -0.4 is 9.64 Å². The molecule has 1 atom stereocenters. The second kappa shape index (κ2) is 5.23. The average molecular weight is 353 g/mol. The lowest BCUT2D eigenvalue weighted by molar-refractivity contribution is 0.0521. The maximum Gasteiger partial charge on any atom is 0.415 e. The minimum atomic E-state index is -1.12. The van der Waals surface area contributed by atoms with Crippen LogP contribution in [0.25, 0.3) is 0 Å². The van der Waals surface area contributed by atoms with Gasteiger partial charge in [0.05, 0.1) is 16.7 Å². The van der Waals surface area contributed by atoms with E-state index in [-0.39, 0.29) is 6.54 Å². The molecule has 0 N–H and O–H groups in total. The van der Waals surface area contributed by atoms with Gasteiger partial charge in [0.2, 0.25) is 5.60 Å². The van der Waals surface area contributed by atoms with Crippen molar-refractivity contribution in [1.82, 2.24) is 0 Å². The Kier molecular flexibility index (Phi) is 3.89. The van der Waals surface area contributed by atoms with Crippen molar-refractivity contribution in [3.05, 3.63) is 22.7 Å². The van der Waals surface area contributed by atoms with E-state index in [1.54, 1.807) is 45.9 Å². The highest BCUT2D eigenvalue weighted by Crippen LogP contribution is 2.42. The van der Waals surface area contributed by atoms with Crippen LogP contribution in [0.15, 0.2) is 22.7 Å². The third kappa shape index (κ3) is 3.30. The van der Waals surface area contributed by atoms with Gasteiger partial charge >= 0.3 is 6.09 Å². The van der Waals surface area contributed by atoms with Gasteiger partial charge in [-0.25, -0.2) is 4.79 Å². The number of halogens is 1. The van der Waals surface area contributed by atoms with Crippen molar-refractivity contribution in [2.45, 2.75) is 38.9 Å². The standard InChI is InChI=1S/C15H17BrN2O3/c1-14(2,3)21-13(19)18-9-15(4,8-17)20-12-10(16)6-5-7-11(12)18/h5-7H,9H2,1-4H3. The number of para-hydroxylation sites is 1. The summed E-state index contributed by atoms with van der Waals surface area (Å²) in [5, 5.41) is 9.33. The summed E-state index contributed by atoms with van der Waals surface area (Å²) < 4.78 is 11.9. The maximum atomic E-state index is 12.4. The molecule has 0 aliphatic carbocycles. The van der Waals surface area contributed by atoms with Crippen molar-refractivity contribution in [2.75, 3.05) is 11.4 Å². The number of carbonyl (C=O) groups is 1. The molecule has 1 unspecified atom stereocenters. The third-order valence-electron chi connectivity index (χ3n) is 2.87. The predicted molar refractivity (Wildman–Crippen MR) is 82.4 cm³/mol. The van der Waals surface area contributed by atoms with Gasteiger partial charge in [-0.1, -0.05) is 6.07 Å². The zero-order chi connectivity index (χ0) is 15.8. The van der Waals surface area contributed by atoms with E-state index >= 15 is 0 Å². The minimum Gasteiger partial charge on any atom is -0.467 e. The van der Waals surface area contributed by atoms with Gasteiger partial charge in [0.15, 0.2) is 5.75 Å². The molecule has 0 saturated heterocycles. The van der Waals surface area contributed by atoms with Gasteiger partial charge in [0.25, 0.3) is 0 Å². The number of hydrogen-bond donors (Lipinski definition) is 0. The van der Waals surface area contributed by atoms with Gasteiger partial charge in [0, 0.05) is 0 Å². The predicted octanol–water partition coefficient (Wildman–Crippen LogP) is 3.87. The number of hydrogen-bond acceptors (Lipinski definition) is 4. The largest absolute Gasteiger partial charge is 0.467 e. The first-order chi connectivity index (χ1) is 9.65. The van der Waals surface area contributed by atoms with Gasteiger partial charge < -0.3 is 9.47 Å². The fourth-order valence-electron chi connectivity index (χ4n) is 1.99. The first-order valence-corrected chi connectivity index (χ1v) is 7.34. The van der Waals surface area contributed by atoms with Crippen LogP contribution in [0, 0.1) is 11.3 Å². The average Bonchev–Trinajstić information content (AvgIpc) is 2.37. The summed E-state index contributed by atoms with van der Waals surface area (Å²) in [6, 6.07) is 7.47. The van der Waals surface area contributed by atoms with Crippen LogP contribution in [-0.2, 0) is 4.74 Å². The molecule has 1 aliphatic rings. The Morgan fingerprint density at radius 3 is 2.76 bits per heavy atom. The van der Waals surface area contributed by atoms with Crippen LogP contribution in [0.1, 0.15) is 27.7 Å². The lowest BCUT2D eigenvalue weighted by atomic mass is 10.0. The molecule has 21 heavy (non-hydrogen) atoms. The van der Waals surface area contributed by atoms with Crippen molar-refractivity contribution in [2.24, 2.45) is 0 Å². The number of nitrogens with zero attached hydrogens (tertiary/aromatic N) is 2. The molecule has 2 rings (SSSR count). The number of fused-ring (bicyclic) bond motifs is 1. The van der Waals surface area contributed by atoms with Crippen LogP contribution in [0.2, 0.25) is 0 Å². The van der Waals surface area contributed by atoms with Crippen molar-refractivity contribution < 1.29 is 14.3 Å². The highest BCUT2D eigenvalue weighted by Gasteiger charge is 2.40. The van der Waals surface area contributed by atoms with Crippen LogP contribution >= 0.6 is 15.9 Å². The molecule has 0 saturated carbocycles. The van der Waals surface area contributed by atoms with E-state index in [0.29, 0.717) is 15.9 Å². The van der Waals surface area contributed by atoms with Crippen LogP contribution in [0.5, 0.6) is 5.75 Å². The van der Waals surface area contributed by atoms with Gasteiger partial charge in [-0.2, -0.15) is 5.26 Å². The van der Waals surface area contributed by atoms with E-state index in [4.69, 9.17) is 9.47 Å². The highest BCUT2D eigenvalue weighted by atomic mass is 79.9.